The summed E-state index contributed by atoms with van der Waals surface area (Å²) in [6.07, 6.45) is 1.18. The number of rotatable bonds is 4. The second kappa shape index (κ2) is 5.03. The Hall–Kier alpha value is -0.820. The van der Waals surface area contributed by atoms with Gasteiger partial charge in [-0.3, -0.25) is 0 Å². The zero-order chi connectivity index (χ0) is 9.68. The summed E-state index contributed by atoms with van der Waals surface area (Å²) in [6, 6.07) is 11.6. The van der Waals surface area contributed by atoms with E-state index < -0.39 is 0 Å². The lowest BCUT2D eigenvalue weighted by molar-refractivity contribution is 0.469. The van der Waals surface area contributed by atoms with E-state index in [1.54, 1.807) is 0 Å². The summed E-state index contributed by atoms with van der Waals surface area (Å²) in [5, 5.41) is 3.55. The quantitative estimate of drug-likeness (QED) is 0.745. The van der Waals surface area contributed by atoms with Gasteiger partial charge in [-0.1, -0.05) is 37.3 Å². The highest BCUT2D eigenvalue weighted by atomic mass is 14.9. The number of hydrogen-bond donors (Lipinski definition) is 1. The maximum atomic E-state index is 3.55. The normalized spacial score (nSPS) is 15.3. The molecule has 0 heterocycles. The van der Waals surface area contributed by atoms with Crippen molar-refractivity contribution in [3.8, 4) is 0 Å². The van der Waals surface area contributed by atoms with Crippen molar-refractivity contribution in [1.29, 1.82) is 0 Å². The van der Waals surface area contributed by atoms with Crippen LogP contribution in [-0.2, 0) is 0 Å². The van der Waals surface area contributed by atoms with E-state index >= 15 is 0 Å². The standard InChI is InChI=1S/C12H19N/c1-4-10(2)13-11(3)12-8-6-5-7-9-12/h5-11,13H,4H2,1-3H3/t10-,11-/m1/s1. The molecule has 0 amide bonds. The monoisotopic (exact) mass is 177 g/mol. The third-order valence-electron chi connectivity index (χ3n) is 2.45. The molecule has 1 aromatic carbocycles. The Kier molecular flexibility index (Phi) is 3.97. The predicted octanol–water partition coefficient (Wildman–Crippen LogP) is 3.14. The third kappa shape index (κ3) is 3.19. The molecule has 0 bridgehead atoms. The van der Waals surface area contributed by atoms with E-state index in [9.17, 15) is 0 Å². The van der Waals surface area contributed by atoms with Crippen LogP contribution in [-0.4, -0.2) is 6.04 Å². The zero-order valence-electron chi connectivity index (χ0n) is 8.75. The number of hydrogen-bond acceptors (Lipinski definition) is 1. The molecule has 0 spiro atoms. The molecule has 0 aliphatic heterocycles. The molecule has 0 aliphatic carbocycles. The molecule has 0 aliphatic rings. The molecule has 0 fully saturated rings. The first kappa shape index (κ1) is 10.3. The average Bonchev–Trinajstić information content (AvgIpc) is 2.19. The van der Waals surface area contributed by atoms with E-state index in [0.29, 0.717) is 12.1 Å². The van der Waals surface area contributed by atoms with Crippen LogP contribution in [0.4, 0.5) is 0 Å². The number of nitrogens with one attached hydrogen (secondary N) is 1. The van der Waals surface area contributed by atoms with Crippen molar-refractivity contribution >= 4 is 0 Å². The summed E-state index contributed by atoms with van der Waals surface area (Å²) in [6.45, 7) is 6.64. The van der Waals surface area contributed by atoms with Gasteiger partial charge < -0.3 is 5.32 Å². The van der Waals surface area contributed by atoms with Crippen molar-refractivity contribution in [2.75, 3.05) is 0 Å². The van der Waals surface area contributed by atoms with Crippen LogP contribution >= 0.6 is 0 Å². The molecule has 1 heteroatoms. The lowest BCUT2D eigenvalue weighted by Gasteiger charge is -2.18. The van der Waals surface area contributed by atoms with Gasteiger partial charge >= 0.3 is 0 Å². The van der Waals surface area contributed by atoms with Crippen LogP contribution in [0.15, 0.2) is 30.3 Å². The van der Waals surface area contributed by atoms with Crippen LogP contribution in [0.25, 0.3) is 0 Å². The van der Waals surface area contributed by atoms with Crippen molar-refractivity contribution in [2.24, 2.45) is 0 Å². The first-order chi connectivity index (χ1) is 6.24. The van der Waals surface area contributed by atoms with Gasteiger partial charge in [0.1, 0.15) is 0 Å². The fourth-order valence-electron chi connectivity index (χ4n) is 1.38. The van der Waals surface area contributed by atoms with Gasteiger partial charge in [-0.2, -0.15) is 0 Å². The van der Waals surface area contributed by atoms with Crippen LogP contribution in [0.3, 0.4) is 0 Å². The summed E-state index contributed by atoms with van der Waals surface area (Å²) in [4.78, 5) is 0. The Labute approximate surface area is 81.2 Å². The SMILES string of the molecule is CC[C@@H](C)N[C@H](C)c1ccccc1. The van der Waals surface area contributed by atoms with Crippen molar-refractivity contribution in [3.63, 3.8) is 0 Å². The van der Waals surface area contributed by atoms with Gasteiger partial charge in [-0.25, -0.2) is 0 Å². The largest absolute Gasteiger partial charge is 0.308 e. The summed E-state index contributed by atoms with van der Waals surface area (Å²) in [5.41, 5.74) is 1.36. The number of benzene rings is 1. The molecule has 1 rings (SSSR count). The summed E-state index contributed by atoms with van der Waals surface area (Å²) in [7, 11) is 0. The topological polar surface area (TPSA) is 12.0 Å². The Balaban J connectivity index is 2.53. The van der Waals surface area contributed by atoms with Gasteiger partial charge in [0.15, 0.2) is 0 Å². The second-order valence-corrected chi connectivity index (χ2v) is 3.61. The lowest BCUT2D eigenvalue weighted by Crippen LogP contribution is -2.28. The van der Waals surface area contributed by atoms with Crippen molar-refractivity contribution in [1.82, 2.24) is 5.32 Å². The molecule has 1 nitrogen and oxygen atoms in total. The smallest absolute Gasteiger partial charge is 0.0294 e. The molecular weight excluding hydrogens is 158 g/mol. The zero-order valence-corrected chi connectivity index (χ0v) is 8.75. The maximum absolute atomic E-state index is 3.55. The van der Waals surface area contributed by atoms with Crippen LogP contribution in [0.1, 0.15) is 38.8 Å². The van der Waals surface area contributed by atoms with Gasteiger partial charge in [-0.05, 0) is 25.8 Å². The van der Waals surface area contributed by atoms with Gasteiger partial charge in [-0.15, -0.1) is 0 Å². The van der Waals surface area contributed by atoms with E-state index in [2.05, 4.69) is 56.4 Å². The van der Waals surface area contributed by atoms with Crippen LogP contribution in [0, 0.1) is 0 Å². The molecule has 2 atom stereocenters. The maximum Gasteiger partial charge on any atom is 0.0294 e. The highest BCUT2D eigenvalue weighted by Gasteiger charge is 2.06. The third-order valence-corrected chi connectivity index (χ3v) is 2.45. The van der Waals surface area contributed by atoms with Crippen LogP contribution < -0.4 is 5.32 Å². The molecule has 0 unspecified atom stereocenters. The minimum Gasteiger partial charge on any atom is -0.308 e. The van der Waals surface area contributed by atoms with E-state index in [1.807, 2.05) is 0 Å². The molecular formula is C12H19N. The van der Waals surface area contributed by atoms with E-state index in [-0.39, 0.29) is 0 Å². The Morgan fingerprint density at radius 3 is 2.31 bits per heavy atom. The van der Waals surface area contributed by atoms with E-state index in [1.165, 1.54) is 12.0 Å². The summed E-state index contributed by atoms with van der Waals surface area (Å²) < 4.78 is 0. The van der Waals surface area contributed by atoms with Gasteiger partial charge in [0.2, 0.25) is 0 Å². The van der Waals surface area contributed by atoms with Gasteiger partial charge in [0.25, 0.3) is 0 Å². The molecule has 0 radical (unpaired) electrons. The molecule has 0 saturated heterocycles. The lowest BCUT2D eigenvalue weighted by atomic mass is 10.1. The predicted molar refractivity (Wildman–Crippen MR) is 57.7 cm³/mol. The molecule has 13 heavy (non-hydrogen) atoms. The second-order valence-electron chi connectivity index (χ2n) is 3.61. The minimum absolute atomic E-state index is 0.455. The van der Waals surface area contributed by atoms with Crippen molar-refractivity contribution in [2.45, 2.75) is 39.3 Å². The van der Waals surface area contributed by atoms with Crippen molar-refractivity contribution in [3.05, 3.63) is 35.9 Å². The van der Waals surface area contributed by atoms with Crippen LogP contribution in [0.5, 0.6) is 0 Å². The Morgan fingerprint density at radius 1 is 1.15 bits per heavy atom. The highest BCUT2D eigenvalue weighted by molar-refractivity contribution is 5.18. The van der Waals surface area contributed by atoms with E-state index in [0.717, 1.165) is 0 Å². The molecule has 72 valence electrons. The van der Waals surface area contributed by atoms with E-state index in [4.69, 9.17) is 0 Å². The summed E-state index contributed by atoms with van der Waals surface area (Å²) in [5.74, 6) is 0. The minimum atomic E-state index is 0.455. The summed E-state index contributed by atoms with van der Waals surface area (Å²) >= 11 is 0. The highest BCUT2D eigenvalue weighted by Crippen LogP contribution is 2.12. The Morgan fingerprint density at radius 2 is 1.77 bits per heavy atom. The van der Waals surface area contributed by atoms with Gasteiger partial charge in [0, 0.05) is 12.1 Å². The fourth-order valence-corrected chi connectivity index (χ4v) is 1.38. The fraction of sp³-hybridized carbons (Fsp3) is 0.500. The molecule has 1 aromatic rings. The molecule has 0 saturated carbocycles. The molecule has 1 N–H and O–H groups in total. The average molecular weight is 177 g/mol. The van der Waals surface area contributed by atoms with Crippen LogP contribution in [0.2, 0.25) is 0 Å². The van der Waals surface area contributed by atoms with Crippen molar-refractivity contribution < 1.29 is 0 Å². The first-order valence-electron chi connectivity index (χ1n) is 5.05. The molecule has 0 aromatic heterocycles. The first-order valence-corrected chi connectivity index (χ1v) is 5.05. The Bertz CT molecular complexity index is 230. The van der Waals surface area contributed by atoms with Gasteiger partial charge in [0.05, 0.1) is 0 Å².